The topological polar surface area (TPSA) is 12.0 Å². The maximum Gasteiger partial charge on any atom is -0.00203 e. The molecule has 1 heteroatoms. The van der Waals surface area contributed by atoms with Gasteiger partial charge in [-0.3, -0.25) is 0 Å². The lowest BCUT2D eigenvalue weighted by molar-refractivity contribution is 0.352. The number of nitrogens with one attached hydrogen (secondary N) is 1. The molecule has 1 fully saturated rings. The summed E-state index contributed by atoms with van der Waals surface area (Å²) in [5, 5.41) is 3.15. The summed E-state index contributed by atoms with van der Waals surface area (Å²) in [7, 11) is 2.01. The standard InChI is InChI=1S/C10H20N/c1-11-9-5-8-10-6-3-2-4-7-10/h5,10-11H,2-4,6-9H2,1H3. The zero-order valence-electron chi connectivity index (χ0n) is 7.60. The second-order valence-corrected chi connectivity index (χ2v) is 3.59. The summed E-state index contributed by atoms with van der Waals surface area (Å²) >= 11 is 0. The molecule has 65 valence electrons. The lowest BCUT2D eigenvalue weighted by atomic mass is 9.86. The van der Waals surface area contributed by atoms with Crippen molar-refractivity contribution < 1.29 is 0 Å². The van der Waals surface area contributed by atoms with Gasteiger partial charge < -0.3 is 5.32 Å². The molecule has 0 unspecified atom stereocenters. The molecule has 0 spiro atoms. The zero-order chi connectivity index (χ0) is 7.94. The van der Waals surface area contributed by atoms with E-state index in [9.17, 15) is 0 Å². The largest absolute Gasteiger partial charge is 0.319 e. The maximum atomic E-state index is 3.15. The van der Waals surface area contributed by atoms with Crippen LogP contribution in [0.15, 0.2) is 0 Å². The van der Waals surface area contributed by atoms with Crippen molar-refractivity contribution in [2.45, 2.75) is 38.5 Å². The normalized spacial score (nSPS) is 20.5. The Hall–Kier alpha value is -0.0400. The van der Waals surface area contributed by atoms with E-state index in [4.69, 9.17) is 0 Å². The summed E-state index contributed by atoms with van der Waals surface area (Å²) in [6.07, 6.45) is 11.1. The molecule has 0 amide bonds. The molecule has 0 aromatic carbocycles. The molecule has 0 saturated heterocycles. The van der Waals surface area contributed by atoms with Gasteiger partial charge in [-0.25, -0.2) is 0 Å². The molecule has 0 aromatic heterocycles. The highest BCUT2D eigenvalue weighted by atomic mass is 14.8. The Morgan fingerprint density at radius 1 is 1.27 bits per heavy atom. The van der Waals surface area contributed by atoms with Crippen LogP contribution >= 0.6 is 0 Å². The Kier molecular flexibility index (Phi) is 4.60. The first-order valence-corrected chi connectivity index (χ1v) is 4.89. The third kappa shape index (κ3) is 3.76. The van der Waals surface area contributed by atoms with Crippen LogP contribution in [0, 0.1) is 12.3 Å². The fraction of sp³-hybridized carbons (Fsp3) is 0.900. The van der Waals surface area contributed by atoms with E-state index < -0.39 is 0 Å². The van der Waals surface area contributed by atoms with Gasteiger partial charge in [0.25, 0.3) is 0 Å². The van der Waals surface area contributed by atoms with Crippen molar-refractivity contribution in [1.82, 2.24) is 5.32 Å². The molecule has 1 radical (unpaired) electrons. The Bertz CT molecular complexity index is 84.9. The smallest absolute Gasteiger partial charge is 0.00203 e. The summed E-state index contributed by atoms with van der Waals surface area (Å²) in [6.45, 7) is 1.08. The first-order chi connectivity index (χ1) is 5.43. The molecule has 1 rings (SSSR count). The molecule has 1 N–H and O–H groups in total. The first kappa shape index (κ1) is 9.05. The van der Waals surface area contributed by atoms with Crippen molar-refractivity contribution >= 4 is 0 Å². The minimum atomic E-state index is 1.01. The molecule has 0 aromatic rings. The van der Waals surface area contributed by atoms with Gasteiger partial charge in [0.05, 0.1) is 0 Å². The van der Waals surface area contributed by atoms with Crippen LogP contribution in [0.3, 0.4) is 0 Å². The van der Waals surface area contributed by atoms with Crippen molar-refractivity contribution in [2.24, 2.45) is 5.92 Å². The highest BCUT2D eigenvalue weighted by molar-refractivity contribution is 4.75. The third-order valence-corrected chi connectivity index (χ3v) is 2.57. The zero-order valence-corrected chi connectivity index (χ0v) is 7.60. The third-order valence-electron chi connectivity index (χ3n) is 2.57. The Morgan fingerprint density at radius 2 is 2.00 bits per heavy atom. The van der Waals surface area contributed by atoms with Crippen molar-refractivity contribution in [2.75, 3.05) is 13.6 Å². The highest BCUT2D eigenvalue weighted by Crippen LogP contribution is 2.26. The highest BCUT2D eigenvalue weighted by Gasteiger charge is 2.11. The summed E-state index contributed by atoms with van der Waals surface area (Å²) < 4.78 is 0. The van der Waals surface area contributed by atoms with Gasteiger partial charge in [0.2, 0.25) is 0 Å². The predicted molar refractivity (Wildman–Crippen MR) is 49.4 cm³/mol. The maximum absolute atomic E-state index is 3.15. The molecular formula is C10H20N. The van der Waals surface area contributed by atoms with Crippen LogP contribution in [-0.4, -0.2) is 13.6 Å². The lowest BCUT2D eigenvalue weighted by Crippen LogP contribution is -2.12. The predicted octanol–water partition coefficient (Wildman–Crippen LogP) is 2.38. The molecule has 1 nitrogen and oxygen atoms in total. The van der Waals surface area contributed by atoms with Gasteiger partial charge in [-0.1, -0.05) is 32.1 Å². The van der Waals surface area contributed by atoms with Crippen LogP contribution in [0.1, 0.15) is 38.5 Å². The Morgan fingerprint density at radius 3 is 2.64 bits per heavy atom. The average Bonchev–Trinajstić information content (AvgIpc) is 2.07. The van der Waals surface area contributed by atoms with Gasteiger partial charge in [0.1, 0.15) is 0 Å². The Balaban J connectivity index is 1.96. The van der Waals surface area contributed by atoms with Crippen molar-refractivity contribution in [3.05, 3.63) is 6.42 Å². The molecule has 1 aliphatic carbocycles. The van der Waals surface area contributed by atoms with E-state index in [-0.39, 0.29) is 0 Å². The summed E-state index contributed by atoms with van der Waals surface area (Å²) in [5.41, 5.74) is 0. The van der Waals surface area contributed by atoms with Gasteiger partial charge in [-0.15, -0.1) is 0 Å². The average molecular weight is 154 g/mol. The van der Waals surface area contributed by atoms with Crippen molar-refractivity contribution in [3.8, 4) is 0 Å². The molecule has 0 bridgehead atoms. The minimum absolute atomic E-state index is 1.01. The van der Waals surface area contributed by atoms with Crippen LogP contribution in [0.2, 0.25) is 0 Å². The van der Waals surface area contributed by atoms with E-state index in [1.54, 1.807) is 0 Å². The fourth-order valence-electron chi connectivity index (χ4n) is 1.89. The van der Waals surface area contributed by atoms with Gasteiger partial charge in [-0.05, 0) is 32.4 Å². The quantitative estimate of drug-likeness (QED) is 0.613. The van der Waals surface area contributed by atoms with Crippen molar-refractivity contribution in [3.63, 3.8) is 0 Å². The van der Waals surface area contributed by atoms with Crippen LogP contribution in [0.5, 0.6) is 0 Å². The fourth-order valence-corrected chi connectivity index (χ4v) is 1.89. The van der Waals surface area contributed by atoms with Crippen LogP contribution < -0.4 is 5.32 Å². The van der Waals surface area contributed by atoms with E-state index in [1.807, 2.05) is 7.05 Å². The molecule has 11 heavy (non-hydrogen) atoms. The second-order valence-electron chi connectivity index (χ2n) is 3.59. The van der Waals surface area contributed by atoms with Crippen LogP contribution in [-0.2, 0) is 0 Å². The summed E-state index contributed by atoms with van der Waals surface area (Å²) in [6, 6.07) is 0. The van der Waals surface area contributed by atoms with Gasteiger partial charge in [0.15, 0.2) is 0 Å². The molecule has 0 aliphatic heterocycles. The number of hydrogen-bond acceptors (Lipinski definition) is 1. The number of rotatable bonds is 4. The molecule has 1 aliphatic rings. The minimum Gasteiger partial charge on any atom is -0.319 e. The molecule has 0 atom stereocenters. The second kappa shape index (κ2) is 5.59. The van der Waals surface area contributed by atoms with E-state index >= 15 is 0 Å². The van der Waals surface area contributed by atoms with E-state index in [2.05, 4.69) is 11.7 Å². The lowest BCUT2D eigenvalue weighted by Gasteiger charge is -2.20. The molecule has 1 saturated carbocycles. The summed E-state index contributed by atoms with van der Waals surface area (Å²) in [5.74, 6) is 1.01. The summed E-state index contributed by atoms with van der Waals surface area (Å²) in [4.78, 5) is 0. The first-order valence-electron chi connectivity index (χ1n) is 4.89. The van der Waals surface area contributed by atoms with Crippen molar-refractivity contribution in [1.29, 1.82) is 0 Å². The van der Waals surface area contributed by atoms with E-state index in [0.29, 0.717) is 0 Å². The van der Waals surface area contributed by atoms with Gasteiger partial charge in [0, 0.05) is 0 Å². The molecule has 0 heterocycles. The Labute approximate surface area is 70.6 Å². The SMILES string of the molecule is CNC[CH]CC1CCCCC1. The van der Waals surface area contributed by atoms with Crippen LogP contribution in [0.25, 0.3) is 0 Å². The monoisotopic (exact) mass is 154 g/mol. The number of hydrogen-bond donors (Lipinski definition) is 1. The van der Waals surface area contributed by atoms with Crippen LogP contribution in [0.4, 0.5) is 0 Å². The van der Waals surface area contributed by atoms with Gasteiger partial charge >= 0.3 is 0 Å². The van der Waals surface area contributed by atoms with Gasteiger partial charge in [-0.2, -0.15) is 0 Å². The van der Waals surface area contributed by atoms with E-state index in [0.717, 1.165) is 12.5 Å². The van der Waals surface area contributed by atoms with E-state index in [1.165, 1.54) is 38.5 Å². The molecular weight excluding hydrogens is 134 g/mol.